The lowest BCUT2D eigenvalue weighted by atomic mass is 10.2. The van der Waals surface area contributed by atoms with Crippen LogP contribution in [0.15, 0.2) is 48.6 Å². The maximum absolute atomic E-state index is 10.3. The van der Waals surface area contributed by atoms with Gasteiger partial charge >= 0.3 is 5.97 Å². The number of allylic oxidation sites excluding steroid dienone is 8. The second kappa shape index (κ2) is 17.5. The maximum atomic E-state index is 10.3. The zero-order valence-electron chi connectivity index (χ0n) is 14.0. The molecule has 0 aliphatic carbocycles. The highest BCUT2D eigenvalue weighted by Crippen LogP contribution is 2.02. The van der Waals surface area contributed by atoms with Gasteiger partial charge < -0.3 is 5.11 Å². The molecule has 0 amide bonds. The molecule has 0 rings (SSSR count). The summed E-state index contributed by atoms with van der Waals surface area (Å²) >= 11 is 0. The smallest absolute Gasteiger partial charge is 0.303 e. The molecule has 0 spiro atoms. The van der Waals surface area contributed by atoms with E-state index in [0.717, 1.165) is 32.1 Å². The third kappa shape index (κ3) is 18.4. The first kappa shape index (κ1) is 20.4. The Bertz CT molecular complexity index is 362. The second-order valence-electron chi connectivity index (χ2n) is 5.41. The zero-order valence-corrected chi connectivity index (χ0v) is 14.0. The molecule has 0 atom stereocenters. The maximum Gasteiger partial charge on any atom is 0.303 e. The van der Waals surface area contributed by atoms with Crippen molar-refractivity contribution in [3.05, 3.63) is 48.6 Å². The summed E-state index contributed by atoms with van der Waals surface area (Å²) in [6.45, 7) is 2.23. The lowest BCUT2D eigenvalue weighted by Gasteiger charge is -1.92. The van der Waals surface area contributed by atoms with Crippen LogP contribution in [0.1, 0.15) is 71.1 Å². The molecule has 22 heavy (non-hydrogen) atoms. The van der Waals surface area contributed by atoms with Crippen molar-refractivity contribution in [3.63, 3.8) is 0 Å². The number of hydrogen-bond acceptors (Lipinski definition) is 1. The molecule has 0 unspecified atom stereocenters. The summed E-state index contributed by atoms with van der Waals surface area (Å²) in [7, 11) is 0. The van der Waals surface area contributed by atoms with Crippen molar-refractivity contribution in [2.75, 3.05) is 0 Å². The van der Waals surface area contributed by atoms with Gasteiger partial charge in [0.25, 0.3) is 0 Å². The summed E-state index contributed by atoms with van der Waals surface area (Å²) in [6.07, 6.45) is 27.3. The molecular weight excluding hydrogens is 272 g/mol. The van der Waals surface area contributed by atoms with Crippen molar-refractivity contribution in [2.24, 2.45) is 0 Å². The monoisotopic (exact) mass is 304 g/mol. The van der Waals surface area contributed by atoms with Gasteiger partial charge in [-0.1, -0.05) is 68.4 Å². The Balaban J connectivity index is 3.41. The summed E-state index contributed by atoms with van der Waals surface area (Å²) in [6, 6.07) is 0. The molecule has 0 bridgehead atoms. The molecule has 0 aliphatic heterocycles. The van der Waals surface area contributed by atoms with Gasteiger partial charge in [0.1, 0.15) is 0 Å². The lowest BCUT2D eigenvalue weighted by Crippen LogP contribution is -1.92. The fourth-order valence-corrected chi connectivity index (χ4v) is 1.95. The van der Waals surface area contributed by atoms with Crippen LogP contribution in [0.3, 0.4) is 0 Å². The van der Waals surface area contributed by atoms with Gasteiger partial charge in [0.15, 0.2) is 0 Å². The standard InChI is InChI=1S/C20H32O2/c1-2-3-4-5-6-7-8-9-10-11-12-13-14-15-16-17-18-19-20(21)22/h6-7,9-10,12-15H,2-5,8,11,16-19H2,1H3,(H,21,22)/b7-6-,10-9+,13-12-,15-14+. The van der Waals surface area contributed by atoms with Crippen LogP contribution in [0, 0.1) is 0 Å². The number of carboxylic acids is 1. The van der Waals surface area contributed by atoms with Gasteiger partial charge in [0.2, 0.25) is 0 Å². The van der Waals surface area contributed by atoms with Gasteiger partial charge in [-0.25, -0.2) is 0 Å². The van der Waals surface area contributed by atoms with Gasteiger partial charge in [-0.05, 0) is 44.9 Å². The Labute approximate surface area is 136 Å². The van der Waals surface area contributed by atoms with Crippen molar-refractivity contribution in [1.29, 1.82) is 0 Å². The van der Waals surface area contributed by atoms with E-state index in [1.165, 1.54) is 25.7 Å². The topological polar surface area (TPSA) is 37.3 Å². The van der Waals surface area contributed by atoms with E-state index in [-0.39, 0.29) is 6.42 Å². The molecule has 0 heterocycles. The van der Waals surface area contributed by atoms with Crippen LogP contribution in [0.5, 0.6) is 0 Å². The summed E-state index contributed by atoms with van der Waals surface area (Å²) in [5.41, 5.74) is 0. The molecule has 0 aromatic rings. The van der Waals surface area contributed by atoms with Crippen LogP contribution in [-0.4, -0.2) is 11.1 Å². The van der Waals surface area contributed by atoms with Crippen LogP contribution in [-0.2, 0) is 4.79 Å². The van der Waals surface area contributed by atoms with Crippen LogP contribution in [0.4, 0.5) is 0 Å². The van der Waals surface area contributed by atoms with Crippen molar-refractivity contribution >= 4 is 5.97 Å². The Hall–Kier alpha value is -1.57. The average molecular weight is 304 g/mol. The minimum Gasteiger partial charge on any atom is -0.481 e. The summed E-state index contributed by atoms with van der Waals surface area (Å²) in [5.74, 6) is -0.702. The predicted molar refractivity (Wildman–Crippen MR) is 96.0 cm³/mol. The Morgan fingerprint density at radius 2 is 1.36 bits per heavy atom. The third-order valence-electron chi connectivity index (χ3n) is 3.25. The molecule has 2 nitrogen and oxygen atoms in total. The molecule has 124 valence electrons. The van der Waals surface area contributed by atoms with Crippen molar-refractivity contribution < 1.29 is 9.90 Å². The molecule has 0 aromatic carbocycles. The van der Waals surface area contributed by atoms with Crippen LogP contribution < -0.4 is 0 Å². The fraction of sp³-hybridized carbons (Fsp3) is 0.550. The quantitative estimate of drug-likeness (QED) is 0.235. The molecule has 0 saturated carbocycles. The van der Waals surface area contributed by atoms with E-state index >= 15 is 0 Å². The van der Waals surface area contributed by atoms with Gasteiger partial charge in [-0.15, -0.1) is 0 Å². The Morgan fingerprint density at radius 1 is 0.773 bits per heavy atom. The van der Waals surface area contributed by atoms with Gasteiger partial charge in [0, 0.05) is 6.42 Å². The highest BCUT2D eigenvalue weighted by Gasteiger charge is 1.93. The van der Waals surface area contributed by atoms with E-state index in [1.54, 1.807) is 0 Å². The van der Waals surface area contributed by atoms with Crippen molar-refractivity contribution in [3.8, 4) is 0 Å². The highest BCUT2D eigenvalue weighted by atomic mass is 16.4. The number of hydrogen-bond donors (Lipinski definition) is 1. The third-order valence-corrected chi connectivity index (χ3v) is 3.25. The molecule has 2 heteroatoms. The van der Waals surface area contributed by atoms with Crippen molar-refractivity contribution in [2.45, 2.75) is 71.1 Å². The minimum absolute atomic E-state index is 0.279. The van der Waals surface area contributed by atoms with Crippen LogP contribution in [0.2, 0.25) is 0 Å². The Kier molecular flexibility index (Phi) is 16.2. The van der Waals surface area contributed by atoms with Crippen LogP contribution in [0.25, 0.3) is 0 Å². The highest BCUT2D eigenvalue weighted by molar-refractivity contribution is 5.66. The predicted octanol–water partition coefficient (Wildman–Crippen LogP) is 6.22. The van der Waals surface area contributed by atoms with Crippen molar-refractivity contribution in [1.82, 2.24) is 0 Å². The molecule has 0 aromatic heterocycles. The molecular formula is C20H32O2. The van der Waals surface area contributed by atoms with E-state index in [2.05, 4.69) is 49.5 Å². The SMILES string of the molecule is CCCCC/C=C\C/C=C/C/C=C\C=C\CCCCC(=O)O. The number of carboxylic acid groups (broad SMARTS) is 1. The number of rotatable bonds is 14. The van der Waals surface area contributed by atoms with Gasteiger partial charge in [-0.2, -0.15) is 0 Å². The number of unbranched alkanes of at least 4 members (excludes halogenated alkanes) is 5. The fourth-order valence-electron chi connectivity index (χ4n) is 1.95. The van der Waals surface area contributed by atoms with E-state index < -0.39 is 5.97 Å². The Morgan fingerprint density at radius 3 is 2.09 bits per heavy atom. The first-order valence-corrected chi connectivity index (χ1v) is 8.60. The van der Waals surface area contributed by atoms with E-state index in [4.69, 9.17) is 5.11 Å². The van der Waals surface area contributed by atoms with E-state index in [0.29, 0.717) is 0 Å². The zero-order chi connectivity index (χ0) is 16.3. The molecule has 0 aliphatic rings. The minimum atomic E-state index is -0.702. The normalized spacial score (nSPS) is 12.4. The van der Waals surface area contributed by atoms with Crippen LogP contribution >= 0.6 is 0 Å². The average Bonchev–Trinajstić information content (AvgIpc) is 2.50. The lowest BCUT2D eigenvalue weighted by molar-refractivity contribution is -0.137. The first-order chi connectivity index (χ1) is 10.8. The number of aliphatic carboxylic acids is 1. The number of carbonyl (C=O) groups is 1. The van der Waals surface area contributed by atoms with E-state index in [9.17, 15) is 4.79 Å². The summed E-state index contributed by atoms with van der Waals surface area (Å²) < 4.78 is 0. The molecule has 0 fully saturated rings. The second-order valence-corrected chi connectivity index (χ2v) is 5.41. The molecule has 0 saturated heterocycles. The summed E-state index contributed by atoms with van der Waals surface area (Å²) in [4.78, 5) is 10.3. The summed E-state index contributed by atoms with van der Waals surface area (Å²) in [5, 5.41) is 8.50. The largest absolute Gasteiger partial charge is 0.481 e. The van der Waals surface area contributed by atoms with Gasteiger partial charge in [0.05, 0.1) is 0 Å². The molecule has 1 N–H and O–H groups in total. The van der Waals surface area contributed by atoms with E-state index in [1.807, 2.05) is 6.08 Å². The van der Waals surface area contributed by atoms with Gasteiger partial charge in [-0.3, -0.25) is 4.79 Å². The molecule has 0 radical (unpaired) electrons. The first-order valence-electron chi connectivity index (χ1n) is 8.60.